The Kier molecular flexibility index (Phi) is 4.58. The Morgan fingerprint density at radius 1 is 1.09 bits per heavy atom. The van der Waals surface area contributed by atoms with Crippen LogP contribution in [-0.4, -0.2) is 29.2 Å². The number of halogens is 3. The molecule has 23 heavy (non-hydrogen) atoms. The molecule has 1 N–H and O–H groups in total. The predicted octanol–water partition coefficient (Wildman–Crippen LogP) is 2.53. The van der Waals surface area contributed by atoms with Gasteiger partial charge >= 0.3 is 12.1 Å². The van der Waals surface area contributed by atoms with E-state index in [2.05, 4.69) is 20.3 Å². The molecule has 1 heterocycles. The molecule has 0 radical (unpaired) electrons. The average Bonchev–Trinajstić information content (AvgIpc) is 2.54. The third-order valence-corrected chi connectivity index (χ3v) is 2.78. The highest BCUT2D eigenvalue weighted by atomic mass is 19.4. The van der Waals surface area contributed by atoms with E-state index >= 15 is 0 Å². The molecule has 0 bridgehead atoms. The maximum Gasteiger partial charge on any atom is 0.417 e. The summed E-state index contributed by atoms with van der Waals surface area (Å²) in [6.07, 6.45) is -4.66. The van der Waals surface area contributed by atoms with E-state index in [0.29, 0.717) is 0 Å². The highest BCUT2D eigenvalue weighted by Crippen LogP contribution is 2.32. The summed E-state index contributed by atoms with van der Waals surface area (Å²) in [5.41, 5.74) is -1.70. The van der Waals surface area contributed by atoms with Gasteiger partial charge in [-0.05, 0) is 24.3 Å². The summed E-state index contributed by atoms with van der Waals surface area (Å²) in [4.78, 5) is 23.2. The van der Waals surface area contributed by atoms with Crippen molar-refractivity contribution in [3.63, 3.8) is 0 Å². The topological polar surface area (TPSA) is 81.2 Å². The zero-order chi connectivity index (χ0) is 17.0. The highest BCUT2D eigenvalue weighted by molar-refractivity contribution is 6.05. The SMILES string of the molecule is COC(=O)c1ccc(NC(=O)c2ccccc2C(F)(F)F)nn1. The van der Waals surface area contributed by atoms with Crippen LogP contribution in [-0.2, 0) is 10.9 Å². The molecular weight excluding hydrogens is 315 g/mol. The lowest BCUT2D eigenvalue weighted by Gasteiger charge is -2.12. The minimum Gasteiger partial charge on any atom is -0.464 e. The molecule has 0 aliphatic rings. The number of esters is 1. The number of carbonyl (C=O) groups is 2. The van der Waals surface area contributed by atoms with Crippen LogP contribution in [0.3, 0.4) is 0 Å². The number of anilines is 1. The van der Waals surface area contributed by atoms with Crippen molar-refractivity contribution in [2.45, 2.75) is 6.18 Å². The van der Waals surface area contributed by atoms with E-state index in [1.54, 1.807) is 0 Å². The van der Waals surface area contributed by atoms with Gasteiger partial charge in [-0.25, -0.2) is 4.79 Å². The Bertz CT molecular complexity index is 730. The summed E-state index contributed by atoms with van der Waals surface area (Å²) in [5.74, 6) is -1.81. The second-order valence-corrected chi connectivity index (χ2v) is 4.29. The van der Waals surface area contributed by atoms with E-state index in [4.69, 9.17) is 0 Å². The summed E-state index contributed by atoms with van der Waals surface area (Å²) < 4.78 is 43.0. The third kappa shape index (κ3) is 3.82. The number of nitrogens with one attached hydrogen (secondary N) is 1. The van der Waals surface area contributed by atoms with E-state index < -0.39 is 29.2 Å². The van der Waals surface area contributed by atoms with Crippen molar-refractivity contribution in [3.8, 4) is 0 Å². The van der Waals surface area contributed by atoms with Gasteiger partial charge in [-0.1, -0.05) is 12.1 Å². The van der Waals surface area contributed by atoms with Crippen molar-refractivity contribution in [3.05, 3.63) is 53.2 Å². The molecule has 0 atom stereocenters. The molecule has 0 unspecified atom stereocenters. The number of amides is 1. The minimum absolute atomic E-state index is 0.0961. The van der Waals surface area contributed by atoms with Crippen LogP contribution in [0.4, 0.5) is 19.0 Å². The zero-order valence-corrected chi connectivity index (χ0v) is 11.7. The molecule has 9 heteroatoms. The number of benzene rings is 1. The Morgan fingerprint density at radius 3 is 2.35 bits per heavy atom. The molecule has 2 aromatic rings. The van der Waals surface area contributed by atoms with E-state index in [0.717, 1.165) is 19.2 Å². The Balaban J connectivity index is 2.22. The smallest absolute Gasteiger partial charge is 0.417 e. The lowest BCUT2D eigenvalue weighted by Crippen LogP contribution is -2.19. The van der Waals surface area contributed by atoms with Crippen LogP contribution in [0.5, 0.6) is 0 Å². The van der Waals surface area contributed by atoms with E-state index in [-0.39, 0.29) is 11.5 Å². The predicted molar refractivity (Wildman–Crippen MR) is 72.8 cm³/mol. The number of nitrogens with zero attached hydrogens (tertiary/aromatic N) is 2. The first-order chi connectivity index (χ1) is 10.8. The molecule has 0 spiro atoms. The maximum atomic E-state index is 12.9. The van der Waals surface area contributed by atoms with Crippen LogP contribution < -0.4 is 5.32 Å². The van der Waals surface area contributed by atoms with Gasteiger partial charge in [0.2, 0.25) is 0 Å². The number of hydrogen-bond acceptors (Lipinski definition) is 5. The fourth-order valence-corrected chi connectivity index (χ4v) is 1.72. The molecule has 1 amide bonds. The number of carbonyl (C=O) groups excluding carboxylic acids is 2. The van der Waals surface area contributed by atoms with Gasteiger partial charge < -0.3 is 10.1 Å². The first-order valence-corrected chi connectivity index (χ1v) is 6.22. The van der Waals surface area contributed by atoms with E-state index in [1.165, 1.54) is 24.3 Å². The number of aromatic nitrogens is 2. The Labute approximate surface area is 128 Å². The molecule has 6 nitrogen and oxygen atoms in total. The lowest BCUT2D eigenvalue weighted by molar-refractivity contribution is -0.137. The molecule has 0 fully saturated rings. The molecule has 120 valence electrons. The summed E-state index contributed by atoms with van der Waals surface area (Å²) in [5, 5.41) is 9.24. The number of alkyl halides is 3. The fourth-order valence-electron chi connectivity index (χ4n) is 1.72. The van der Waals surface area contributed by atoms with Crippen LogP contribution in [0.15, 0.2) is 36.4 Å². The second kappa shape index (κ2) is 6.42. The van der Waals surface area contributed by atoms with Gasteiger partial charge in [-0.3, -0.25) is 4.79 Å². The van der Waals surface area contributed by atoms with Gasteiger partial charge in [0.05, 0.1) is 18.2 Å². The molecule has 1 aromatic heterocycles. The van der Waals surface area contributed by atoms with Crippen molar-refractivity contribution in [1.82, 2.24) is 10.2 Å². The van der Waals surface area contributed by atoms with Crippen molar-refractivity contribution < 1.29 is 27.5 Å². The van der Waals surface area contributed by atoms with Gasteiger partial charge in [0.1, 0.15) is 0 Å². The molecule has 1 aromatic carbocycles. The van der Waals surface area contributed by atoms with Crippen LogP contribution in [0, 0.1) is 0 Å². The quantitative estimate of drug-likeness (QED) is 0.877. The molecule has 2 rings (SSSR count). The molecular formula is C14H10F3N3O3. The second-order valence-electron chi connectivity index (χ2n) is 4.29. The minimum atomic E-state index is -4.66. The van der Waals surface area contributed by atoms with Crippen molar-refractivity contribution in [2.24, 2.45) is 0 Å². The Hall–Kier alpha value is -2.97. The van der Waals surface area contributed by atoms with Crippen LogP contribution in [0.2, 0.25) is 0 Å². The van der Waals surface area contributed by atoms with Gasteiger partial charge in [0.15, 0.2) is 11.5 Å². The first kappa shape index (κ1) is 16.4. The summed E-state index contributed by atoms with van der Waals surface area (Å²) in [6, 6.07) is 6.81. The van der Waals surface area contributed by atoms with Gasteiger partial charge in [-0.15, -0.1) is 10.2 Å². The number of methoxy groups -OCH3 is 1. The monoisotopic (exact) mass is 325 g/mol. The standard InChI is InChI=1S/C14H10F3N3O3/c1-23-13(22)10-6-7-11(20-19-10)18-12(21)8-4-2-3-5-9(8)14(15,16)17/h2-7H,1H3,(H,18,20,21). The summed E-state index contributed by atoms with van der Waals surface area (Å²) in [7, 11) is 1.16. The molecule has 0 saturated heterocycles. The third-order valence-electron chi connectivity index (χ3n) is 2.78. The Morgan fingerprint density at radius 2 is 1.78 bits per heavy atom. The number of rotatable bonds is 3. The van der Waals surface area contributed by atoms with Gasteiger partial charge in [-0.2, -0.15) is 13.2 Å². The average molecular weight is 325 g/mol. The normalized spacial score (nSPS) is 11.0. The zero-order valence-electron chi connectivity index (χ0n) is 11.7. The van der Waals surface area contributed by atoms with Crippen molar-refractivity contribution in [1.29, 1.82) is 0 Å². The maximum absolute atomic E-state index is 12.9. The molecule has 0 aliphatic heterocycles. The van der Waals surface area contributed by atoms with Gasteiger partial charge in [0.25, 0.3) is 5.91 Å². The fraction of sp³-hybridized carbons (Fsp3) is 0.143. The van der Waals surface area contributed by atoms with Crippen LogP contribution >= 0.6 is 0 Å². The van der Waals surface area contributed by atoms with E-state index in [1.807, 2.05) is 0 Å². The largest absolute Gasteiger partial charge is 0.464 e. The van der Waals surface area contributed by atoms with Crippen molar-refractivity contribution in [2.75, 3.05) is 12.4 Å². The van der Waals surface area contributed by atoms with E-state index in [9.17, 15) is 22.8 Å². The lowest BCUT2D eigenvalue weighted by atomic mass is 10.1. The first-order valence-electron chi connectivity index (χ1n) is 6.22. The highest BCUT2D eigenvalue weighted by Gasteiger charge is 2.34. The summed E-state index contributed by atoms with van der Waals surface area (Å²) >= 11 is 0. The van der Waals surface area contributed by atoms with Crippen molar-refractivity contribution >= 4 is 17.7 Å². The molecule has 0 saturated carbocycles. The number of ether oxygens (including phenoxy) is 1. The van der Waals surface area contributed by atoms with Crippen LogP contribution in [0.1, 0.15) is 26.4 Å². The molecule has 0 aliphatic carbocycles. The summed E-state index contributed by atoms with van der Waals surface area (Å²) in [6.45, 7) is 0. The van der Waals surface area contributed by atoms with Gasteiger partial charge in [0, 0.05) is 0 Å². The number of hydrogen-bond donors (Lipinski definition) is 1. The van der Waals surface area contributed by atoms with Crippen LogP contribution in [0.25, 0.3) is 0 Å².